The molecule has 0 saturated carbocycles. The molecule has 1 unspecified atom stereocenters. The van der Waals surface area contributed by atoms with Crippen LogP contribution in [0.3, 0.4) is 0 Å². The molecule has 18 heavy (non-hydrogen) atoms. The zero-order valence-electron chi connectivity index (χ0n) is 10.6. The number of rotatable bonds is 4. The standard InChI is InChI=1S/C14H17FN2O/c1-3-9(2)17-13(18)7-10-8-16-14-11(10)5-4-6-12(14)15/h4-6,8-9,16H,3,7H2,1-2H3,(H,17,18). The quantitative estimate of drug-likeness (QED) is 0.858. The molecule has 1 aromatic heterocycles. The van der Waals surface area contributed by atoms with Crippen molar-refractivity contribution in [2.45, 2.75) is 32.7 Å². The fourth-order valence-corrected chi connectivity index (χ4v) is 1.92. The van der Waals surface area contributed by atoms with Gasteiger partial charge in [-0.3, -0.25) is 4.79 Å². The number of carbonyl (C=O) groups is 1. The fraction of sp³-hybridized carbons (Fsp3) is 0.357. The average molecular weight is 248 g/mol. The summed E-state index contributed by atoms with van der Waals surface area (Å²) in [7, 11) is 0. The van der Waals surface area contributed by atoms with E-state index in [1.165, 1.54) is 6.07 Å². The summed E-state index contributed by atoms with van der Waals surface area (Å²) in [6, 6.07) is 5.05. The molecule has 1 aromatic carbocycles. The van der Waals surface area contributed by atoms with Crippen LogP contribution in [0.15, 0.2) is 24.4 Å². The number of hydrogen-bond donors (Lipinski definition) is 2. The Labute approximate surface area is 105 Å². The van der Waals surface area contributed by atoms with Gasteiger partial charge in [0.15, 0.2) is 0 Å². The molecule has 0 radical (unpaired) electrons. The van der Waals surface area contributed by atoms with Crippen LogP contribution < -0.4 is 5.32 Å². The molecule has 2 aromatic rings. The Bertz CT molecular complexity index is 562. The number of carbonyl (C=O) groups excluding carboxylic acids is 1. The van der Waals surface area contributed by atoms with Gasteiger partial charge in [0.2, 0.25) is 5.91 Å². The molecule has 1 amide bonds. The summed E-state index contributed by atoms with van der Waals surface area (Å²) in [5, 5.41) is 3.67. The molecule has 0 bridgehead atoms. The van der Waals surface area contributed by atoms with Gasteiger partial charge in [-0.1, -0.05) is 19.1 Å². The van der Waals surface area contributed by atoms with E-state index in [0.717, 1.165) is 17.4 Å². The molecule has 96 valence electrons. The Morgan fingerprint density at radius 1 is 1.50 bits per heavy atom. The third-order valence-electron chi connectivity index (χ3n) is 3.12. The maximum Gasteiger partial charge on any atom is 0.224 e. The first-order valence-electron chi connectivity index (χ1n) is 6.15. The van der Waals surface area contributed by atoms with E-state index in [1.54, 1.807) is 12.3 Å². The van der Waals surface area contributed by atoms with Crippen molar-refractivity contribution in [3.8, 4) is 0 Å². The Morgan fingerprint density at radius 3 is 3.00 bits per heavy atom. The van der Waals surface area contributed by atoms with Gasteiger partial charge in [-0.2, -0.15) is 0 Å². The van der Waals surface area contributed by atoms with Gasteiger partial charge in [-0.15, -0.1) is 0 Å². The van der Waals surface area contributed by atoms with Crippen LogP contribution in [-0.4, -0.2) is 16.9 Å². The fourth-order valence-electron chi connectivity index (χ4n) is 1.92. The number of H-pyrrole nitrogens is 1. The SMILES string of the molecule is CCC(C)NC(=O)Cc1c[nH]c2c(F)cccc12. The van der Waals surface area contributed by atoms with Crippen molar-refractivity contribution >= 4 is 16.8 Å². The third-order valence-corrected chi connectivity index (χ3v) is 3.12. The Balaban J connectivity index is 2.17. The molecule has 0 spiro atoms. The van der Waals surface area contributed by atoms with E-state index >= 15 is 0 Å². The number of nitrogens with one attached hydrogen (secondary N) is 2. The van der Waals surface area contributed by atoms with Crippen LogP contribution in [0.1, 0.15) is 25.8 Å². The first kappa shape index (κ1) is 12.6. The predicted molar refractivity (Wildman–Crippen MR) is 69.9 cm³/mol. The van der Waals surface area contributed by atoms with E-state index in [4.69, 9.17) is 0 Å². The van der Waals surface area contributed by atoms with Gasteiger partial charge in [0.05, 0.1) is 11.9 Å². The molecule has 1 atom stereocenters. The molecule has 0 aliphatic carbocycles. The highest BCUT2D eigenvalue weighted by molar-refractivity contribution is 5.89. The average Bonchev–Trinajstić information content (AvgIpc) is 2.74. The number of aromatic nitrogens is 1. The van der Waals surface area contributed by atoms with Crippen molar-refractivity contribution < 1.29 is 9.18 Å². The molecule has 2 N–H and O–H groups in total. The normalized spacial score (nSPS) is 12.6. The first-order valence-corrected chi connectivity index (χ1v) is 6.15. The highest BCUT2D eigenvalue weighted by Gasteiger charge is 2.11. The van der Waals surface area contributed by atoms with Crippen LogP contribution in [0.2, 0.25) is 0 Å². The van der Waals surface area contributed by atoms with Crippen LogP contribution in [0, 0.1) is 5.82 Å². The highest BCUT2D eigenvalue weighted by Crippen LogP contribution is 2.21. The van der Waals surface area contributed by atoms with Crippen LogP contribution in [0.5, 0.6) is 0 Å². The van der Waals surface area contributed by atoms with Gasteiger partial charge >= 0.3 is 0 Å². The number of amides is 1. The predicted octanol–water partition coefficient (Wildman–Crippen LogP) is 2.76. The number of benzene rings is 1. The summed E-state index contributed by atoms with van der Waals surface area (Å²) >= 11 is 0. The van der Waals surface area contributed by atoms with Crippen molar-refractivity contribution in [1.82, 2.24) is 10.3 Å². The molecule has 0 aliphatic heterocycles. The summed E-state index contributed by atoms with van der Waals surface area (Å²) in [5.74, 6) is -0.324. The number of halogens is 1. The molecule has 2 rings (SSSR count). The van der Waals surface area contributed by atoms with E-state index in [1.807, 2.05) is 19.9 Å². The number of aromatic amines is 1. The molecule has 0 aliphatic rings. The lowest BCUT2D eigenvalue weighted by Gasteiger charge is -2.10. The topological polar surface area (TPSA) is 44.9 Å². The largest absolute Gasteiger partial charge is 0.359 e. The van der Waals surface area contributed by atoms with E-state index in [2.05, 4.69) is 10.3 Å². The van der Waals surface area contributed by atoms with Crippen molar-refractivity contribution in [3.63, 3.8) is 0 Å². The third kappa shape index (κ3) is 2.53. The van der Waals surface area contributed by atoms with Crippen LogP contribution >= 0.6 is 0 Å². The van der Waals surface area contributed by atoms with Crippen molar-refractivity contribution in [1.29, 1.82) is 0 Å². The second kappa shape index (κ2) is 5.21. The second-order valence-electron chi connectivity index (χ2n) is 4.53. The van der Waals surface area contributed by atoms with Crippen molar-refractivity contribution in [3.05, 3.63) is 35.8 Å². The monoisotopic (exact) mass is 248 g/mol. The summed E-state index contributed by atoms with van der Waals surface area (Å²) in [6.45, 7) is 3.98. The smallest absolute Gasteiger partial charge is 0.224 e. The highest BCUT2D eigenvalue weighted by atomic mass is 19.1. The zero-order chi connectivity index (χ0) is 13.1. The zero-order valence-corrected chi connectivity index (χ0v) is 10.6. The van der Waals surface area contributed by atoms with Gasteiger partial charge in [-0.05, 0) is 25.0 Å². The maximum absolute atomic E-state index is 13.5. The molecular weight excluding hydrogens is 231 g/mol. The van der Waals surface area contributed by atoms with E-state index in [-0.39, 0.29) is 24.2 Å². The van der Waals surface area contributed by atoms with Crippen molar-refractivity contribution in [2.24, 2.45) is 0 Å². The number of fused-ring (bicyclic) bond motifs is 1. The van der Waals surface area contributed by atoms with Crippen molar-refractivity contribution in [2.75, 3.05) is 0 Å². The summed E-state index contributed by atoms with van der Waals surface area (Å²) in [4.78, 5) is 14.7. The maximum atomic E-state index is 13.5. The molecule has 1 heterocycles. The Kier molecular flexibility index (Phi) is 3.65. The molecule has 0 fully saturated rings. The molecular formula is C14H17FN2O. The first-order chi connectivity index (χ1) is 8.61. The van der Waals surface area contributed by atoms with Crippen LogP contribution in [0.25, 0.3) is 10.9 Å². The number of para-hydroxylation sites is 1. The lowest BCUT2D eigenvalue weighted by atomic mass is 10.1. The van der Waals surface area contributed by atoms with Crippen LogP contribution in [0.4, 0.5) is 4.39 Å². The molecule has 0 saturated heterocycles. The summed E-state index contributed by atoms with van der Waals surface area (Å²) in [5.41, 5.74) is 1.29. The Hall–Kier alpha value is -1.84. The minimum Gasteiger partial charge on any atom is -0.359 e. The summed E-state index contributed by atoms with van der Waals surface area (Å²) < 4.78 is 13.5. The van der Waals surface area contributed by atoms with Gasteiger partial charge in [-0.25, -0.2) is 4.39 Å². The Morgan fingerprint density at radius 2 is 2.28 bits per heavy atom. The van der Waals surface area contributed by atoms with Crippen LogP contribution in [-0.2, 0) is 11.2 Å². The van der Waals surface area contributed by atoms with E-state index in [9.17, 15) is 9.18 Å². The van der Waals surface area contributed by atoms with Gasteiger partial charge in [0, 0.05) is 17.6 Å². The number of hydrogen-bond acceptors (Lipinski definition) is 1. The van der Waals surface area contributed by atoms with Gasteiger partial charge < -0.3 is 10.3 Å². The van der Waals surface area contributed by atoms with E-state index < -0.39 is 0 Å². The minimum atomic E-state index is -0.291. The summed E-state index contributed by atoms with van der Waals surface area (Å²) in [6.07, 6.45) is 2.87. The van der Waals surface area contributed by atoms with E-state index in [0.29, 0.717) is 5.52 Å². The van der Waals surface area contributed by atoms with Gasteiger partial charge in [0.25, 0.3) is 0 Å². The minimum absolute atomic E-state index is 0.0329. The lowest BCUT2D eigenvalue weighted by molar-refractivity contribution is -0.121. The second-order valence-corrected chi connectivity index (χ2v) is 4.53. The molecule has 4 heteroatoms. The lowest BCUT2D eigenvalue weighted by Crippen LogP contribution is -2.33. The van der Waals surface area contributed by atoms with Gasteiger partial charge in [0.1, 0.15) is 5.82 Å². The molecule has 3 nitrogen and oxygen atoms in total.